The zero-order valence-electron chi connectivity index (χ0n) is 14.1. The van der Waals surface area contributed by atoms with Crippen LogP contribution in [0, 0.1) is 5.92 Å². The van der Waals surface area contributed by atoms with Gasteiger partial charge in [0.15, 0.2) is 0 Å². The SMILES string of the molecule is CNC(C(=O)NCC1CCN(C(=O)C(F)(F)F)CC1)c1cnn(C)c1. The van der Waals surface area contributed by atoms with Crippen molar-refractivity contribution in [3.05, 3.63) is 18.0 Å². The van der Waals surface area contributed by atoms with Crippen molar-refractivity contribution in [1.29, 1.82) is 0 Å². The second kappa shape index (κ2) is 7.85. The first kappa shape index (κ1) is 19.2. The van der Waals surface area contributed by atoms with Crippen LogP contribution >= 0.6 is 0 Å². The Labute approximate surface area is 143 Å². The highest BCUT2D eigenvalue weighted by Gasteiger charge is 2.43. The van der Waals surface area contributed by atoms with Crippen LogP contribution in [0.1, 0.15) is 24.4 Å². The summed E-state index contributed by atoms with van der Waals surface area (Å²) in [5.74, 6) is -1.96. The third kappa shape index (κ3) is 4.94. The number of hydrogen-bond donors (Lipinski definition) is 2. The molecule has 10 heteroatoms. The maximum atomic E-state index is 12.4. The predicted molar refractivity (Wildman–Crippen MR) is 83.4 cm³/mol. The summed E-state index contributed by atoms with van der Waals surface area (Å²) in [4.78, 5) is 24.3. The number of hydrogen-bond acceptors (Lipinski definition) is 4. The fraction of sp³-hybridized carbons (Fsp3) is 0.667. The van der Waals surface area contributed by atoms with Gasteiger partial charge in [0.05, 0.1) is 6.20 Å². The molecule has 1 unspecified atom stereocenters. The number of likely N-dealkylation sites (N-methyl/N-ethyl adjacent to an activating group) is 1. The van der Waals surface area contributed by atoms with E-state index in [9.17, 15) is 22.8 Å². The van der Waals surface area contributed by atoms with Crippen LogP contribution in [0.5, 0.6) is 0 Å². The molecule has 2 rings (SSSR count). The van der Waals surface area contributed by atoms with Crippen LogP contribution < -0.4 is 10.6 Å². The normalized spacial score (nSPS) is 17.4. The van der Waals surface area contributed by atoms with Crippen LogP contribution in [0.3, 0.4) is 0 Å². The van der Waals surface area contributed by atoms with Crippen molar-refractivity contribution in [3.8, 4) is 0 Å². The van der Waals surface area contributed by atoms with Crippen molar-refractivity contribution in [3.63, 3.8) is 0 Å². The lowest BCUT2D eigenvalue weighted by atomic mass is 9.96. The van der Waals surface area contributed by atoms with E-state index in [1.165, 1.54) is 0 Å². The summed E-state index contributed by atoms with van der Waals surface area (Å²) in [5.41, 5.74) is 0.730. The van der Waals surface area contributed by atoms with E-state index in [-0.39, 0.29) is 24.9 Å². The van der Waals surface area contributed by atoms with E-state index in [0.717, 1.165) is 10.5 Å². The van der Waals surface area contributed by atoms with Crippen LogP contribution in [-0.4, -0.2) is 59.4 Å². The topological polar surface area (TPSA) is 79.3 Å². The highest BCUT2D eigenvalue weighted by atomic mass is 19.4. The number of alkyl halides is 3. The average Bonchev–Trinajstić information content (AvgIpc) is 2.98. The van der Waals surface area contributed by atoms with Crippen molar-refractivity contribution in [2.75, 3.05) is 26.7 Å². The highest BCUT2D eigenvalue weighted by molar-refractivity contribution is 5.83. The lowest BCUT2D eigenvalue weighted by Crippen LogP contribution is -2.47. The summed E-state index contributed by atoms with van der Waals surface area (Å²) in [7, 11) is 3.42. The Hall–Kier alpha value is -2.10. The molecule has 2 heterocycles. The number of aromatic nitrogens is 2. The lowest BCUT2D eigenvalue weighted by Gasteiger charge is -2.32. The number of rotatable bonds is 5. The van der Waals surface area contributed by atoms with Gasteiger partial charge in [0, 0.05) is 38.4 Å². The Balaban J connectivity index is 1.80. The number of carbonyl (C=O) groups excluding carboxylic acids is 2. The third-order valence-corrected chi connectivity index (χ3v) is 4.32. The fourth-order valence-electron chi connectivity index (χ4n) is 2.90. The van der Waals surface area contributed by atoms with E-state index in [0.29, 0.717) is 19.4 Å². The van der Waals surface area contributed by atoms with Gasteiger partial charge in [0.25, 0.3) is 0 Å². The molecule has 25 heavy (non-hydrogen) atoms. The average molecular weight is 361 g/mol. The van der Waals surface area contributed by atoms with Gasteiger partial charge in [-0.05, 0) is 25.8 Å². The first-order chi connectivity index (χ1) is 11.7. The van der Waals surface area contributed by atoms with Gasteiger partial charge in [-0.15, -0.1) is 0 Å². The van der Waals surface area contributed by atoms with Crippen LogP contribution in [0.15, 0.2) is 12.4 Å². The van der Waals surface area contributed by atoms with Gasteiger partial charge in [-0.1, -0.05) is 0 Å². The Morgan fingerprint density at radius 2 is 2.00 bits per heavy atom. The Morgan fingerprint density at radius 3 is 2.48 bits per heavy atom. The minimum atomic E-state index is -4.83. The number of nitrogens with zero attached hydrogens (tertiary/aromatic N) is 3. The van der Waals surface area contributed by atoms with Crippen LogP contribution in [0.4, 0.5) is 13.2 Å². The molecule has 0 aromatic carbocycles. The molecule has 1 aromatic heterocycles. The Kier molecular flexibility index (Phi) is 6.04. The molecule has 1 aliphatic rings. The largest absolute Gasteiger partial charge is 0.471 e. The van der Waals surface area contributed by atoms with Gasteiger partial charge < -0.3 is 15.5 Å². The molecule has 0 saturated carbocycles. The number of aryl methyl sites for hydroxylation is 1. The molecule has 1 fully saturated rings. The van der Waals surface area contributed by atoms with Crippen molar-refractivity contribution < 1.29 is 22.8 Å². The summed E-state index contributed by atoms with van der Waals surface area (Å²) < 4.78 is 38.8. The maximum absolute atomic E-state index is 12.4. The van der Waals surface area contributed by atoms with Gasteiger partial charge in [0.2, 0.25) is 5.91 Å². The smallest absolute Gasteiger partial charge is 0.354 e. The summed E-state index contributed by atoms with van der Waals surface area (Å²) >= 11 is 0. The molecule has 1 atom stereocenters. The minimum absolute atomic E-state index is 0.0487. The molecular weight excluding hydrogens is 339 g/mol. The molecular formula is C15H22F3N5O2. The summed E-state index contributed by atoms with van der Waals surface area (Å²) in [5, 5.41) is 9.77. The van der Waals surface area contributed by atoms with E-state index in [4.69, 9.17) is 0 Å². The lowest BCUT2D eigenvalue weighted by molar-refractivity contribution is -0.186. The highest BCUT2D eigenvalue weighted by Crippen LogP contribution is 2.23. The monoisotopic (exact) mass is 361 g/mol. The molecule has 0 bridgehead atoms. The molecule has 0 aliphatic carbocycles. The number of nitrogens with one attached hydrogen (secondary N) is 2. The molecule has 1 saturated heterocycles. The van der Waals surface area contributed by atoms with Crippen molar-refractivity contribution in [2.45, 2.75) is 25.1 Å². The van der Waals surface area contributed by atoms with Gasteiger partial charge in [0.1, 0.15) is 6.04 Å². The number of likely N-dealkylation sites (tertiary alicyclic amines) is 1. The molecule has 0 radical (unpaired) electrons. The Bertz CT molecular complexity index is 609. The maximum Gasteiger partial charge on any atom is 0.471 e. The van der Waals surface area contributed by atoms with E-state index in [1.54, 1.807) is 31.2 Å². The van der Waals surface area contributed by atoms with Crippen molar-refractivity contribution >= 4 is 11.8 Å². The molecule has 1 aliphatic heterocycles. The zero-order valence-corrected chi connectivity index (χ0v) is 14.1. The second-order valence-corrected chi connectivity index (χ2v) is 6.15. The first-order valence-electron chi connectivity index (χ1n) is 8.02. The molecule has 7 nitrogen and oxygen atoms in total. The van der Waals surface area contributed by atoms with E-state index in [2.05, 4.69) is 15.7 Å². The van der Waals surface area contributed by atoms with E-state index < -0.39 is 18.1 Å². The van der Waals surface area contributed by atoms with Gasteiger partial charge in [-0.25, -0.2) is 0 Å². The van der Waals surface area contributed by atoms with E-state index >= 15 is 0 Å². The van der Waals surface area contributed by atoms with E-state index in [1.807, 2.05) is 0 Å². The van der Waals surface area contributed by atoms with Gasteiger partial charge in [-0.3, -0.25) is 14.3 Å². The number of halogens is 3. The summed E-state index contributed by atoms with van der Waals surface area (Å²) in [6, 6.07) is -0.541. The molecule has 2 amide bonds. The van der Waals surface area contributed by atoms with Crippen molar-refractivity contribution in [1.82, 2.24) is 25.3 Å². The Morgan fingerprint density at radius 1 is 1.36 bits per heavy atom. The molecule has 2 N–H and O–H groups in total. The quantitative estimate of drug-likeness (QED) is 0.805. The number of carbonyl (C=O) groups is 2. The first-order valence-corrected chi connectivity index (χ1v) is 8.02. The van der Waals surface area contributed by atoms with Crippen LogP contribution in [0.25, 0.3) is 0 Å². The molecule has 0 spiro atoms. The second-order valence-electron chi connectivity index (χ2n) is 6.15. The molecule has 140 valence electrons. The number of amides is 2. The third-order valence-electron chi connectivity index (χ3n) is 4.32. The van der Waals surface area contributed by atoms with Crippen LogP contribution in [0.2, 0.25) is 0 Å². The zero-order chi connectivity index (χ0) is 18.6. The molecule has 1 aromatic rings. The summed E-state index contributed by atoms with van der Waals surface area (Å²) in [6.07, 6.45) is -0.632. The summed E-state index contributed by atoms with van der Waals surface area (Å²) in [6.45, 7) is 0.471. The van der Waals surface area contributed by atoms with Gasteiger partial charge >= 0.3 is 12.1 Å². The number of piperidine rings is 1. The minimum Gasteiger partial charge on any atom is -0.354 e. The fourth-order valence-corrected chi connectivity index (χ4v) is 2.90. The van der Waals surface area contributed by atoms with Crippen LogP contribution in [-0.2, 0) is 16.6 Å². The standard InChI is InChI=1S/C15H22F3N5O2/c1-19-12(11-8-21-22(2)9-11)13(24)20-7-10-3-5-23(6-4-10)14(25)15(16,17)18/h8-10,12,19H,3-7H2,1-2H3,(H,20,24). The predicted octanol–water partition coefficient (Wildman–Crippen LogP) is 0.598. The van der Waals surface area contributed by atoms with Gasteiger partial charge in [-0.2, -0.15) is 18.3 Å². The van der Waals surface area contributed by atoms with Crippen molar-refractivity contribution in [2.24, 2.45) is 13.0 Å².